The Hall–Kier alpha value is -0.660. The number of hydrogen-bond donors (Lipinski definition) is 0. The molecule has 0 aromatic heterocycles. The van der Waals surface area contributed by atoms with Crippen LogP contribution in [0.1, 0.15) is 11.7 Å². The van der Waals surface area contributed by atoms with Crippen molar-refractivity contribution in [2.75, 3.05) is 13.2 Å². The third kappa shape index (κ3) is 3.43. The number of epoxide rings is 1. The zero-order valence-electron chi connectivity index (χ0n) is 9.01. The molecule has 0 saturated carbocycles. The highest BCUT2D eigenvalue weighted by molar-refractivity contribution is 9.10. The lowest BCUT2D eigenvalue weighted by Gasteiger charge is -2.22. The lowest BCUT2D eigenvalue weighted by Crippen LogP contribution is -2.25. The van der Waals surface area contributed by atoms with Gasteiger partial charge >= 0.3 is 6.18 Å². The quantitative estimate of drug-likeness (QED) is 0.622. The Labute approximate surface area is 109 Å². The summed E-state index contributed by atoms with van der Waals surface area (Å²) in [5, 5.41) is 0. The van der Waals surface area contributed by atoms with E-state index in [1.165, 1.54) is 6.07 Å². The van der Waals surface area contributed by atoms with Crippen LogP contribution in [0, 0.1) is 5.82 Å². The SMILES string of the molecule is Fc1ccc(Br)c([C@@H](OC[C@H]2CO2)C(F)(F)F)c1. The van der Waals surface area contributed by atoms with Gasteiger partial charge in [-0.25, -0.2) is 4.39 Å². The van der Waals surface area contributed by atoms with E-state index in [4.69, 9.17) is 9.47 Å². The first-order valence-electron chi connectivity index (χ1n) is 5.13. The minimum Gasteiger partial charge on any atom is -0.371 e. The molecule has 7 heteroatoms. The molecular formula is C11H9BrF4O2. The molecule has 1 heterocycles. The number of halogens is 5. The van der Waals surface area contributed by atoms with Gasteiger partial charge in [0.15, 0.2) is 6.10 Å². The van der Waals surface area contributed by atoms with E-state index in [2.05, 4.69) is 15.9 Å². The van der Waals surface area contributed by atoms with Crippen molar-refractivity contribution in [2.45, 2.75) is 18.4 Å². The van der Waals surface area contributed by atoms with Crippen molar-refractivity contribution in [3.63, 3.8) is 0 Å². The van der Waals surface area contributed by atoms with Gasteiger partial charge in [0.1, 0.15) is 11.9 Å². The second kappa shape index (κ2) is 5.14. The van der Waals surface area contributed by atoms with E-state index in [0.717, 1.165) is 12.1 Å². The molecule has 100 valence electrons. The summed E-state index contributed by atoms with van der Waals surface area (Å²) in [5.41, 5.74) is -0.275. The molecule has 0 bridgehead atoms. The van der Waals surface area contributed by atoms with Crippen LogP contribution in [0.3, 0.4) is 0 Å². The van der Waals surface area contributed by atoms with Crippen LogP contribution >= 0.6 is 15.9 Å². The fraction of sp³-hybridized carbons (Fsp3) is 0.455. The monoisotopic (exact) mass is 328 g/mol. The number of alkyl halides is 3. The molecule has 1 saturated heterocycles. The fourth-order valence-electron chi connectivity index (χ4n) is 1.44. The molecule has 1 aliphatic heterocycles. The minimum absolute atomic E-state index is 0.156. The summed E-state index contributed by atoms with van der Waals surface area (Å²) in [6.45, 7) is 0.238. The first-order chi connectivity index (χ1) is 8.38. The molecule has 2 nitrogen and oxygen atoms in total. The van der Waals surface area contributed by atoms with Gasteiger partial charge in [-0.3, -0.25) is 0 Å². The molecule has 1 aromatic rings. The maximum Gasteiger partial charge on any atom is 0.418 e. The zero-order chi connectivity index (χ0) is 13.3. The van der Waals surface area contributed by atoms with Crippen molar-refractivity contribution < 1.29 is 27.0 Å². The number of rotatable bonds is 4. The molecule has 0 radical (unpaired) electrons. The standard InChI is InChI=1S/C11H9BrF4O2/c12-9-2-1-6(13)3-8(9)10(11(14,15)16)18-5-7-4-17-7/h1-3,7,10H,4-5H2/t7-,10-/m1/s1. The largest absolute Gasteiger partial charge is 0.418 e. The van der Waals surface area contributed by atoms with Crippen LogP contribution in [0.25, 0.3) is 0 Å². The van der Waals surface area contributed by atoms with E-state index in [1.807, 2.05) is 0 Å². The van der Waals surface area contributed by atoms with Crippen molar-refractivity contribution in [1.82, 2.24) is 0 Å². The van der Waals surface area contributed by atoms with Gasteiger partial charge in [-0.05, 0) is 18.2 Å². The van der Waals surface area contributed by atoms with Gasteiger partial charge in [0.05, 0.1) is 13.2 Å². The highest BCUT2D eigenvalue weighted by Gasteiger charge is 2.44. The van der Waals surface area contributed by atoms with E-state index in [0.29, 0.717) is 6.61 Å². The van der Waals surface area contributed by atoms with Crippen LogP contribution in [0.5, 0.6) is 0 Å². The lowest BCUT2D eigenvalue weighted by molar-refractivity contribution is -0.225. The fourth-order valence-corrected chi connectivity index (χ4v) is 1.90. The van der Waals surface area contributed by atoms with Crippen molar-refractivity contribution in [1.29, 1.82) is 0 Å². The van der Waals surface area contributed by atoms with Gasteiger partial charge in [0.2, 0.25) is 0 Å². The Morgan fingerprint density at radius 3 is 2.67 bits per heavy atom. The van der Waals surface area contributed by atoms with E-state index >= 15 is 0 Å². The molecule has 0 aliphatic carbocycles. The van der Waals surface area contributed by atoms with Crippen LogP contribution in [-0.2, 0) is 9.47 Å². The second-order valence-corrected chi connectivity index (χ2v) is 4.73. The maximum atomic E-state index is 13.0. The number of benzene rings is 1. The van der Waals surface area contributed by atoms with E-state index in [1.54, 1.807) is 0 Å². The molecule has 0 N–H and O–H groups in total. The molecule has 0 amide bonds. The first kappa shape index (κ1) is 13.8. The number of hydrogen-bond acceptors (Lipinski definition) is 2. The number of ether oxygens (including phenoxy) is 2. The van der Waals surface area contributed by atoms with E-state index < -0.39 is 18.1 Å². The van der Waals surface area contributed by atoms with Gasteiger partial charge in [-0.15, -0.1) is 0 Å². The second-order valence-electron chi connectivity index (χ2n) is 3.88. The van der Waals surface area contributed by atoms with Gasteiger partial charge in [-0.2, -0.15) is 13.2 Å². The van der Waals surface area contributed by atoms with E-state index in [-0.39, 0.29) is 22.7 Å². The van der Waals surface area contributed by atoms with Gasteiger partial charge < -0.3 is 9.47 Å². The molecule has 0 unspecified atom stereocenters. The lowest BCUT2D eigenvalue weighted by atomic mass is 10.1. The summed E-state index contributed by atoms with van der Waals surface area (Å²) in [6, 6.07) is 3.11. The highest BCUT2D eigenvalue weighted by Crippen LogP contribution is 2.39. The summed E-state index contributed by atoms with van der Waals surface area (Å²) in [4.78, 5) is 0. The van der Waals surface area contributed by atoms with Crippen LogP contribution < -0.4 is 0 Å². The van der Waals surface area contributed by atoms with E-state index in [9.17, 15) is 17.6 Å². The topological polar surface area (TPSA) is 21.8 Å². The Kier molecular flexibility index (Phi) is 3.93. The summed E-state index contributed by atoms with van der Waals surface area (Å²) in [6.07, 6.45) is -7.06. The van der Waals surface area contributed by atoms with Crippen molar-refractivity contribution in [2.24, 2.45) is 0 Å². The van der Waals surface area contributed by atoms with Crippen molar-refractivity contribution >= 4 is 15.9 Å². The summed E-state index contributed by atoms with van der Waals surface area (Å²) >= 11 is 2.97. The average molecular weight is 329 g/mol. The summed E-state index contributed by atoms with van der Waals surface area (Å²) in [5.74, 6) is -0.742. The molecular weight excluding hydrogens is 320 g/mol. The first-order valence-corrected chi connectivity index (χ1v) is 5.92. The van der Waals surface area contributed by atoms with Crippen LogP contribution in [0.4, 0.5) is 17.6 Å². The Bertz CT molecular complexity index is 432. The molecule has 2 atom stereocenters. The van der Waals surface area contributed by atoms with Crippen molar-refractivity contribution in [3.8, 4) is 0 Å². The third-order valence-electron chi connectivity index (χ3n) is 2.39. The normalized spacial score (nSPS) is 20.8. The van der Waals surface area contributed by atoms with Crippen LogP contribution in [0.15, 0.2) is 22.7 Å². The summed E-state index contributed by atoms with van der Waals surface area (Å²) < 4.78 is 61.4. The molecule has 1 aliphatic rings. The highest BCUT2D eigenvalue weighted by atomic mass is 79.9. The van der Waals surface area contributed by atoms with Crippen LogP contribution in [-0.4, -0.2) is 25.5 Å². The molecule has 1 fully saturated rings. The summed E-state index contributed by atoms with van der Waals surface area (Å²) in [7, 11) is 0. The predicted octanol–water partition coefficient (Wildman–Crippen LogP) is 3.61. The smallest absolute Gasteiger partial charge is 0.371 e. The Morgan fingerprint density at radius 1 is 1.44 bits per heavy atom. The van der Waals surface area contributed by atoms with Crippen molar-refractivity contribution in [3.05, 3.63) is 34.1 Å². The maximum absolute atomic E-state index is 13.0. The third-order valence-corrected chi connectivity index (χ3v) is 3.11. The van der Waals surface area contributed by atoms with Gasteiger partial charge in [0.25, 0.3) is 0 Å². The average Bonchev–Trinajstić information content (AvgIpc) is 3.05. The molecule has 18 heavy (non-hydrogen) atoms. The molecule has 0 spiro atoms. The minimum atomic E-state index is -4.61. The Balaban J connectivity index is 2.23. The Morgan fingerprint density at radius 2 is 2.11 bits per heavy atom. The molecule has 1 aromatic carbocycles. The van der Waals surface area contributed by atoms with Crippen LogP contribution in [0.2, 0.25) is 0 Å². The van der Waals surface area contributed by atoms with Gasteiger partial charge in [0, 0.05) is 10.0 Å². The molecule has 2 rings (SSSR count). The van der Waals surface area contributed by atoms with Gasteiger partial charge in [-0.1, -0.05) is 15.9 Å². The predicted molar refractivity (Wildman–Crippen MR) is 58.6 cm³/mol. The zero-order valence-corrected chi connectivity index (χ0v) is 10.6.